The average Bonchev–Trinajstić information content (AvgIpc) is 3.08. The van der Waals surface area contributed by atoms with Gasteiger partial charge >= 0.3 is 0 Å². The first-order valence-corrected chi connectivity index (χ1v) is 10.5. The van der Waals surface area contributed by atoms with Gasteiger partial charge in [-0.15, -0.1) is 0 Å². The van der Waals surface area contributed by atoms with Crippen LogP contribution in [0.5, 0.6) is 5.75 Å². The number of β-amino-alcohol motifs (C(OH)–C–C–N with tert-alkyl or cyclic N) is 1. The molecule has 30 heavy (non-hydrogen) atoms. The van der Waals surface area contributed by atoms with Crippen LogP contribution < -0.4 is 4.74 Å². The highest BCUT2D eigenvalue weighted by Crippen LogP contribution is 2.44. The van der Waals surface area contributed by atoms with Gasteiger partial charge in [-0.25, -0.2) is 4.39 Å². The van der Waals surface area contributed by atoms with E-state index in [4.69, 9.17) is 4.74 Å². The van der Waals surface area contributed by atoms with Crippen LogP contribution in [0, 0.1) is 5.82 Å². The summed E-state index contributed by atoms with van der Waals surface area (Å²) in [5.41, 5.74) is 2.18. The van der Waals surface area contributed by atoms with Gasteiger partial charge in [-0.3, -0.25) is 0 Å². The molecule has 5 rings (SSSR count). The molecule has 0 radical (unpaired) electrons. The zero-order valence-electron chi connectivity index (χ0n) is 17.1. The van der Waals surface area contributed by atoms with Gasteiger partial charge in [0.1, 0.15) is 17.2 Å². The van der Waals surface area contributed by atoms with Gasteiger partial charge in [-0.05, 0) is 37.1 Å². The van der Waals surface area contributed by atoms with E-state index in [2.05, 4.69) is 21.6 Å². The quantitative estimate of drug-likeness (QED) is 0.691. The fourth-order valence-electron chi connectivity index (χ4n) is 5.04. The van der Waals surface area contributed by atoms with Crippen LogP contribution in [0.3, 0.4) is 0 Å². The maximum absolute atomic E-state index is 13.5. The molecule has 1 aromatic heterocycles. The van der Waals surface area contributed by atoms with Crippen LogP contribution >= 0.6 is 0 Å². The third-order valence-electron chi connectivity index (χ3n) is 6.71. The number of hydrogen-bond donors (Lipinski definition) is 2. The topological polar surface area (TPSA) is 57.9 Å². The number of aliphatic hydroxyl groups excluding tert-OH is 2. The minimum absolute atomic E-state index is 0.357. The molecule has 0 amide bonds. The summed E-state index contributed by atoms with van der Waals surface area (Å²) in [5.74, 6) is 0.226. The number of halogens is 1. The summed E-state index contributed by atoms with van der Waals surface area (Å²) in [6.07, 6.45) is 2.75. The van der Waals surface area contributed by atoms with E-state index < -0.39 is 17.8 Å². The molecule has 158 valence electrons. The largest absolute Gasteiger partial charge is 0.487 e. The molecule has 1 fully saturated rings. The molecule has 0 saturated carbocycles. The first-order chi connectivity index (χ1) is 14.4. The Kier molecular flexibility index (Phi) is 4.81. The number of aryl methyl sites for hydroxylation is 1. The minimum Gasteiger partial charge on any atom is -0.487 e. The maximum Gasteiger partial charge on any atom is 0.126 e. The Morgan fingerprint density at radius 1 is 1.20 bits per heavy atom. The van der Waals surface area contributed by atoms with Crippen molar-refractivity contribution >= 4 is 10.9 Å². The monoisotopic (exact) mass is 410 g/mol. The number of para-hydroxylation sites is 1. The van der Waals surface area contributed by atoms with Gasteiger partial charge in [-0.1, -0.05) is 18.2 Å². The van der Waals surface area contributed by atoms with Gasteiger partial charge in [0.05, 0.1) is 12.2 Å². The molecule has 0 bridgehead atoms. The summed E-state index contributed by atoms with van der Waals surface area (Å²) < 4.78 is 21.8. The van der Waals surface area contributed by atoms with Gasteiger partial charge in [-0.2, -0.15) is 0 Å². The second-order valence-corrected chi connectivity index (χ2v) is 8.72. The third-order valence-corrected chi connectivity index (χ3v) is 6.71. The van der Waals surface area contributed by atoms with Crippen molar-refractivity contribution in [3.05, 3.63) is 65.6 Å². The molecule has 2 aromatic carbocycles. The molecule has 1 saturated heterocycles. The predicted molar refractivity (Wildman–Crippen MR) is 113 cm³/mol. The number of ether oxygens (including phenoxy) is 1. The number of benzene rings is 2. The Hall–Kier alpha value is -2.41. The van der Waals surface area contributed by atoms with E-state index in [-0.39, 0.29) is 5.82 Å². The number of aliphatic hydroxyl groups is 2. The molecular formula is C24H27FN2O3. The van der Waals surface area contributed by atoms with Gasteiger partial charge in [0, 0.05) is 61.3 Å². The highest BCUT2D eigenvalue weighted by atomic mass is 19.1. The zero-order valence-corrected chi connectivity index (χ0v) is 17.1. The molecule has 2 unspecified atom stereocenters. The number of fused-ring (bicyclic) bond motifs is 2. The standard InChI is InChI=1S/C24H27FN2O3/c1-26-14-19(17-4-2-3-5-20(17)26)22(29)15-27-10-8-24(9-11-27)13-21(28)18-12-16(25)6-7-23(18)30-24/h2-7,12,14,21-22,28-29H,8-11,13,15H2,1H3. The molecule has 5 nitrogen and oxygen atoms in total. The van der Waals surface area contributed by atoms with Crippen molar-refractivity contribution in [2.24, 2.45) is 7.05 Å². The lowest BCUT2D eigenvalue weighted by atomic mass is 9.81. The fraction of sp³-hybridized carbons (Fsp3) is 0.417. The molecule has 1 spiro atoms. The molecule has 0 aliphatic carbocycles. The van der Waals surface area contributed by atoms with Crippen molar-refractivity contribution < 1.29 is 19.3 Å². The lowest BCUT2D eigenvalue weighted by Gasteiger charge is -2.46. The number of piperidine rings is 1. The van der Waals surface area contributed by atoms with Gasteiger partial charge in [0.25, 0.3) is 0 Å². The molecule has 3 aromatic rings. The van der Waals surface area contributed by atoms with Crippen molar-refractivity contribution in [1.29, 1.82) is 0 Å². The number of likely N-dealkylation sites (tertiary alicyclic amines) is 1. The Bertz CT molecular complexity index is 1070. The smallest absolute Gasteiger partial charge is 0.126 e. The Morgan fingerprint density at radius 2 is 1.97 bits per heavy atom. The van der Waals surface area contributed by atoms with E-state index in [9.17, 15) is 14.6 Å². The number of hydrogen-bond acceptors (Lipinski definition) is 4. The van der Waals surface area contributed by atoms with Crippen molar-refractivity contribution in [3.8, 4) is 5.75 Å². The third kappa shape index (κ3) is 3.39. The first-order valence-electron chi connectivity index (χ1n) is 10.5. The second kappa shape index (κ2) is 7.38. The summed E-state index contributed by atoms with van der Waals surface area (Å²) in [6.45, 7) is 2.13. The summed E-state index contributed by atoms with van der Waals surface area (Å²) in [6, 6.07) is 12.5. The number of nitrogens with zero attached hydrogens (tertiary/aromatic N) is 2. The highest BCUT2D eigenvalue weighted by molar-refractivity contribution is 5.84. The van der Waals surface area contributed by atoms with Crippen molar-refractivity contribution in [1.82, 2.24) is 9.47 Å². The summed E-state index contributed by atoms with van der Waals surface area (Å²) >= 11 is 0. The van der Waals surface area contributed by atoms with Gasteiger partial charge in [0.15, 0.2) is 0 Å². The van der Waals surface area contributed by atoms with E-state index in [1.165, 1.54) is 12.1 Å². The van der Waals surface area contributed by atoms with E-state index in [1.807, 2.05) is 25.4 Å². The minimum atomic E-state index is -0.711. The van der Waals surface area contributed by atoms with E-state index in [0.717, 1.165) is 42.4 Å². The van der Waals surface area contributed by atoms with E-state index in [1.54, 1.807) is 6.07 Å². The second-order valence-electron chi connectivity index (χ2n) is 8.72. The highest BCUT2D eigenvalue weighted by Gasteiger charge is 2.43. The van der Waals surface area contributed by atoms with Crippen LogP contribution in [0.2, 0.25) is 0 Å². The molecular weight excluding hydrogens is 383 g/mol. The van der Waals surface area contributed by atoms with Crippen LogP contribution in [-0.2, 0) is 7.05 Å². The Labute approximate surface area is 175 Å². The van der Waals surface area contributed by atoms with Crippen LogP contribution in [0.4, 0.5) is 4.39 Å². The summed E-state index contributed by atoms with van der Waals surface area (Å²) in [4.78, 5) is 2.26. The normalized spacial score (nSPS) is 22.1. The average molecular weight is 410 g/mol. The van der Waals surface area contributed by atoms with E-state index in [0.29, 0.717) is 24.3 Å². The SMILES string of the molecule is Cn1cc(C(O)CN2CCC3(CC2)CC(O)c2cc(F)ccc2O3)c2ccccc21. The first kappa shape index (κ1) is 19.5. The molecule has 2 aliphatic heterocycles. The summed E-state index contributed by atoms with van der Waals surface area (Å²) in [5, 5.41) is 22.6. The van der Waals surface area contributed by atoms with Crippen molar-refractivity contribution in [2.75, 3.05) is 19.6 Å². The van der Waals surface area contributed by atoms with Crippen molar-refractivity contribution in [2.45, 2.75) is 37.1 Å². The van der Waals surface area contributed by atoms with Gasteiger partial charge < -0.3 is 24.4 Å². The number of rotatable bonds is 3. The maximum atomic E-state index is 13.5. The van der Waals surface area contributed by atoms with Crippen LogP contribution in [0.15, 0.2) is 48.7 Å². The molecule has 2 aliphatic rings. The Morgan fingerprint density at radius 3 is 2.77 bits per heavy atom. The van der Waals surface area contributed by atoms with Crippen molar-refractivity contribution in [3.63, 3.8) is 0 Å². The molecule has 3 heterocycles. The molecule has 2 N–H and O–H groups in total. The predicted octanol–water partition coefficient (Wildman–Crippen LogP) is 3.70. The van der Waals surface area contributed by atoms with Crippen LogP contribution in [0.1, 0.15) is 42.6 Å². The van der Waals surface area contributed by atoms with Crippen LogP contribution in [0.25, 0.3) is 10.9 Å². The van der Waals surface area contributed by atoms with Gasteiger partial charge in [0.2, 0.25) is 0 Å². The number of aromatic nitrogens is 1. The molecule has 6 heteroatoms. The lowest BCUT2D eigenvalue weighted by molar-refractivity contribution is -0.0588. The zero-order chi connectivity index (χ0) is 20.9. The fourth-order valence-corrected chi connectivity index (χ4v) is 5.04. The Balaban J connectivity index is 1.27. The lowest BCUT2D eigenvalue weighted by Crippen LogP contribution is -2.51. The van der Waals surface area contributed by atoms with E-state index >= 15 is 0 Å². The summed E-state index contributed by atoms with van der Waals surface area (Å²) in [7, 11) is 2.00. The van der Waals surface area contributed by atoms with Crippen LogP contribution in [-0.4, -0.2) is 44.9 Å². The molecule has 2 atom stereocenters.